The van der Waals surface area contributed by atoms with Crippen LogP contribution in [0.15, 0.2) is 72.8 Å². The number of benzene rings is 4. The maximum atomic E-state index is 14.7. The molecule has 4 aromatic carbocycles. The van der Waals surface area contributed by atoms with Crippen LogP contribution in [-0.4, -0.2) is 0 Å². The fraction of sp³-hybridized carbons (Fsp3) is 0.0400. The van der Waals surface area contributed by atoms with Gasteiger partial charge in [-0.1, -0.05) is 42.5 Å². The molecule has 0 bridgehead atoms. The van der Waals surface area contributed by atoms with E-state index < -0.39 is 52.0 Å². The minimum atomic E-state index is -4.54. The van der Waals surface area contributed by atoms with Gasteiger partial charge in [0, 0.05) is 11.1 Å². The average Bonchev–Trinajstić information content (AvgIpc) is 2.77. The van der Waals surface area contributed by atoms with Crippen LogP contribution < -0.4 is 0 Å². The van der Waals surface area contributed by atoms with Crippen molar-refractivity contribution in [1.29, 1.82) is 0 Å². The zero-order valence-electron chi connectivity index (χ0n) is 16.5. The van der Waals surface area contributed by atoms with Gasteiger partial charge in [0.1, 0.15) is 17.5 Å². The van der Waals surface area contributed by atoms with Crippen molar-refractivity contribution < 1.29 is 35.1 Å². The molecule has 0 nitrogen and oxygen atoms in total. The fourth-order valence-electron chi connectivity index (χ4n) is 3.47. The van der Waals surface area contributed by atoms with Crippen LogP contribution >= 0.6 is 0 Å². The van der Waals surface area contributed by atoms with Gasteiger partial charge in [0.25, 0.3) is 0 Å². The van der Waals surface area contributed by atoms with E-state index in [4.69, 9.17) is 0 Å². The molecule has 168 valence electrons. The first kappa shape index (κ1) is 22.5. The average molecular weight is 464 g/mol. The van der Waals surface area contributed by atoms with Crippen molar-refractivity contribution in [2.45, 2.75) is 5.92 Å². The molecular weight excluding hydrogens is 452 g/mol. The number of hydrogen-bond donors (Lipinski definition) is 0. The number of rotatable bonds is 4. The molecule has 0 aliphatic heterocycles. The van der Waals surface area contributed by atoms with Crippen LogP contribution in [0.2, 0.25) is 0 Å². The van der Waals surface area contributed by atoms with E-state index in [0.717, 1.165) is 6.07 Å². The Balaban J connectivity index is 1.77. The molecule has 0 saturated heterocycles. The second kappa shape index (κ2) is 8.35. The van der Waals surface area contributed by atoms with Crippen LogP contribution in [0.5, 0.6) is 0 Å². The van der Waals surface area contributed by atoms with E-state index >= 15 is 0 Å². The third kappa shape index (κ3) is 4.08. The molecule has 4 aromatic rings. The van der Waals surface area contributed by atoms with Crippen molar-refractivity contribution in [2.75, 3.05) is 0 Å². The largest absolute Gasteiger partial charge is 0.304 e. The molecule has 0 amide bonds. The van der Waals surface area contributed by atoms with Crippen molar-refractivity contribution in [3.05, 3.63) is 119 Å². The molecule has 33 heavy (non-hydrogen) atoms. The van der Waals surface area contributed by atoms with Gasteiger partial charge in [0.2, 0.25) is 0 Å². The third-order valence-electron chi connectivity index (χ3n) is 5.09. The van der Waals surface area contributed by atoms with Gasteiger partial charge in [-0.25, -0.2) is 26.3 Å². The normalized spacial score (nSPS) is 11.6. The van der Waals surface area contributed by atoms with E-state index in [1.54, 1.807) is 30.3 Å². The molecule has 8 heteroatoms. The molecule has 0 heterocycles. The smallest absolute Gasteiger partial charge is 0.206 e. The van der Waals surface area contributed by atoms with Gasteiger partial charge in [-0.05, 0) is 47.0 Å². The number of halogens is 8. The molecule has 0 atom stereocenters. The summed E-state index contributed by atoms with van der Waals surface area (Å²) >= 11 is 0. The van der Waals surface area contributed by atoms with E-state index in [1.807, 2.05) is 0 Å². The van der Waals surface area contributed by atoms with Gasteiger partial charge >= 0.3 is 5.92 Å². The lowest BCUT2D eigenvalue weighted by Gasteiger charge is -2.20. The summed E-state index contributed by atoms with van der Waals surface area (Å²) in [5.74, 6) is -14.8. The van der Waals surface area contributed by atoms with Crippen molar-refractivity contribution in [3.63, 3.8) is 0 Å². The lowest BCUT2D eigenvalue weighted by molar-refractivity contribution is 0.0339. The van der Waals surface area contributed by atoms with Crippen LogP contribution in [0.25, 0.3) is 22.3 Å². The molecule has 0 radical (unpaired) electrons. The Kier molecular flexibility index (Phi) is 5.69. The monoisotopic (exact) mass is 464 g/mol. The van der Waals surface area contributed by atoms with E-state index in [9.17, 15) is 35.1 Å². The summed E-state index contributed by atoms with van der Waals surface area (Å²) in [5, 5.41) is 0. The molecular formula is C25H12F8. The highest BCUT2D eigenvalue weighted by molar-refractivity contribution is 5.71. The minimum absolute atomic E-state index is 0.0484. The van der Waals surface area contributed by atoms with Gasteiger partial charge in [0.15, 0.2) is 17.5 Å². The van der Waals surface area contributed by atoms with Crippen molar-refractivity contribution >= 4 is 0 Å². The summed E-state index contributed by atoms with van der Waals surface area (Å²) in [6.07, 6.45) is 0. The van der Waals surface area contributed by atoms with Crippen LogP contribution in [-0.2, 0) is 5.92 Å². The Morgan fingerprint density at radius 1 is 0.485 bits per heavy atom. The highest BCUT2D eigenvalue weighted by Gasteiger charge is 2.41. The third-order valence-corrected chi connectivity index (χ3v) is 5.09. The molecule has 0 aromatic heterocycles. The summed E-state index contributed by atoms with van der Waals surface area (Å²) in [6.45, 7) is 0. The summed E-state index contributed by atoms with van der Waals surface area (Å²) < 4.78 is 113. The second-order valence-electron chi connectivity index (χ2n) is 7.20. The van der Waals surface area contributed by atoms with Crippen LogP contribution in [0, 0.1) is 34.9 Å². The summed E-state index contributed by atoms with van der Waals surface area (Å²) in [4.78, 5) is 0. The molecule has 0 saturated carbocycles. The van der Waals surface area contributed by atoms with Crippen LogP contribution in [0.4, 0.5) is 35.1 Å². The van der Waals surface area contributed by atoms with E-state index in [2.05, 4.69) is 0 Å². The quantitative estimate of drug-likeness (QED) is 0.212. The number of alkyl halides is 2. The Bertz CT molecular complexity index is 1300. The SMILES string of the molecule is Fc1cc(-c2ccccc2)ccc1-c1cc(F)c(C(F)(F)c2cc(F)c(F)c(F)c2)c(F)c1. The topological polar surface area (TPSA) is 0 Å². The first-order valence-electron chi connectivity index (χ1n) is 9.47. The molecule has 0 aliphatic rings. The van der Waals surface area contributed by atoms with Crippen molar-refractivity contribution in [2.24, 2.45) is 0 Å². The van der Waals surface area contributed by atoms with Crippen molar-refractivity contribution in [1.82, 2.24) is 0 Å². The molecule has 0 fully saturated rings. The molecule has 0 N–H and O–H groups in total. The van der Waals surface area contributed by atoms with Gasteiger partial charge in [-0.2, -0.15) is 8.78 Å². The van der Waals surface area contributed by atoms with Gasteiger partial charge in [0.05, 0.1) is 5.56 Å². The first-order chi connectivity index (χ1) is 15.6. The van der Waals surface area contributed by atoms with E-state index in [1.165, 1.54) is 12.1 Å². The summed E-state index contributed by atoms with van der Waals surface area (Å²) in [5.41, 5.74) is -2.73. The summed E-state index contributed by atoms with van der Waals surface area (Å²) in [7, 11) is 0. The Labute approximate surface area is 182 Å². The van der Waals surface area contributed by atoms with Crippen LogP contribution in [0.3, 0.4) is 0 Å². The maximum Gasteiger partial charge on any atom is 0.304 e. The Hall–Kier alpha value is -3.68. The Morgan fingerprint density at radius 3 is 1.58 bits per heavy atom. The molecule has 0 unspecified atom stereocenters. The van der Waals surface area contributed by atoms with Gasteiger partial charge in [-0.3, -0.25) is 0 Å². The minimum Gasteiger partial charge on any atom is -0.206 e. The molecule has 0 spiro atoms. The first-order valence-corrected chi connectivity index (χ1v) is 9.47. The maximum absolute atomic E-state index is 14.7. The fourth-order valence-corrected chi connectivity index (χ4v) is 3.47. The predicted octanol–water partition coefficient (Wildman–Crippen LogP) is 8.00. The number of hydrogen-bond acceptors (Lipinski definition) is 0. The lowest BCUT2D eigenvalue weighted by Crippen LogP contribution is -2.20. The molecule has 0 aliphatic carbocycles. The van der Waals surface area contributed by atoms with Gasteiger partial charge < -0.3 is 0 Å². The van der Waals surface area contributed by atoms with Crippen LogP contribution in [0.1, 0.15) is 11.1 Å². The zero-order chi connectivity index (χ0) is 23.9. The highest BCUT2D eigenvalue weighted by Crippen LogP contribution is 2.41. The standard InChI is InChI=1S/C25H12F8/c26-18-8-14(13-4-2-1-3-5-13)6-7-17(18)15-9-19(27)23(20(28)10-15)25(32,33)16-11-21(29)24(31)22(30)12-16/h1-12H. The van der Waals surface area contributed by atoms with E-state index in [0.29, 0.717) is 23.3 Å². The zero-order valence-corrected chi connectivity index (χ0v) is 16.5. The predicted molar refractivity (Wildman–Crippen MR) is 107 cm³/mol. The van der Waals surface area contributed by atoms with E-state index in [-0.39, 0.29) is 23.3 Å². The highest BCUT2D eigenvalue weighted by atomic mass is 19.3. The summed E-state index contributed by atoms with van der Waals surface area (Å²) in [6, 6.07) is 13.5. The molecule has 4 rings (SSSR count). The van der Waals surface area contributed by atoms with Gasteiger partial charge in [-0.15, -0.1) is 0 Å². The Morgan fingerprint density at radius 2 is 1.03 bits per heavy atom. The lowest BCUT2D eigenvalue weighted by atomic mass is 9.94. The second-order valence-corrected chi connectivity index (χ2v) is 7.20. The van der Waals surface area contributed by atoms with Crippen molar-refractivity contribution in [3.8, 4) is 22.3 Å².